The number of ether oxygens (including phenoxy) is 1. The van der Waals surface area contributed by atoms with Gasteiger partial charge in [0.15, 0.2) is 0 Å². The summed E-state index contributed by atoms with van der Waals surface area (Å²) in [6.45, 7) is 6.46. The SMILES string of the molecule is CCOC(=O)CCCCO/N=C(/c1cccnc1)c1cccc(CN2CCN(C(=O)C3CSC(c4cccnc4)N3)CC2)c1. The molecule has 3 aromatic rings. The van der Waals surface area contributed by atoms with Crippen molar-refractivity contribution in [1.82, 2.24) is 25.1 Å². The number of benzene rings is 1. The second-order valence-corrected chi connectivity index (χ2v) is 11.9. The molecule has 44 heavy (non-hydrogen) atoms. The van der Waals surface area contributed by atoms with E-state index >= 15 is 0 Å². The van der Waals surface area contributed by atoms with Crippen LogP contribution in [0.25, 0.3) is 0 Å². The first-order chi connectivity index (χ1) is 21.6. The fourth-order valence-electron chi connectivity index (χ4n) is 5.31. The molecule has 2 saturated heterocycles. The number of carbonyl (C=O) groups is 2. The first-order valence-electron chi connectivity index (χ1n) is 15.2. The summed E-state index contributed by atoms with van der Waals surface area (Å²) in [6.07, 6.45) is 8.92. The van der Waals surface area contributed by atoms with Crippen molar-refractivity contribution in [3.8, 4) is 0 Å². The van der Waals surface area contributed by atoms with E-state index in [2.05, 4.69) is 37.5 Å². The summed E-state index contributed by atoms with van der Waals surface area (Å²) in [6, 6.07) is 16.0. The molecule has 5 rings (SSSR count). The highest BCUT2D eigenvalue weighted by atomic mass is 32.2. The molecule has 0 spiro atoms. The van der Waals surface area contributed by atoms with E-state index in [-0.39, 0.29) is 23.3 Å². The van der Waals surface area contributed by atoms with Crippen LogP contribution in [0.3, 0.4) is 0 Å². The first kappa shape index (κ1) is 31.6. The molecule has 2 aliphatic heterocycles. The lowest BCUT2D eigenvalue weighted by Gasteiger charge is -2.36. The van der Waals surface area contributed by atoms with Crippen LogP contribution < -0.4 is 5.32 Å². The number of piperazine rings is 1. The molecule has 2 atom stereocenters. The Kier molecular flexibility index (Phi) is 11.7. The zero-order chi connectivity index (χ0) is 30.6. The van der Waals surface area contributed by atoms with E-state index in [0.29, 0.717) is 51.3 Å². The number of hydrogen-bond donors (Lipinski definition) is 1. The van der Waals surface area contributed by atoms with Crippen LogP contribution in [0.1, 0.15) is 53.8 Å². The number of nitrogens with one attached hydrogen (secondary N) is 1. The van der Waals surface area contributed by atoms with Gasteiger partial charge in [0.25, 0.3) is 0 Å². The van der Waals surface area contributed by atoms with Gasteiger partial charge in [-0.15, -0.1) is 11.8 Å². The van der Waals surface area contributed by atoms with Gasteiger partial charge in [0.1, 0.15) is 12.3 Å². The van der Waals surface area contributed by atoms with Crippen LogP contribution in [0, 0.1) is 0 Å². The number of rotatable bonds is 13. The van der Waals surface area contributed by atoms with Gasteiger partial charge in [0.2, 0.25) is 5.91 Å². The number of nitrogens with zero attached hydrogens (tertiary/aromatic N) is 5. The first-order valence-corrected chi connectivity index (χ1v) is 16.3. The van der Waals surface area contributed by atoms with Crippen LogP contribution >= 0.6 is 11.8 Å². The molecule has 0 radical (unpaired) electrons. The molecule has 0 saturated carbocycles. The highest BCUT2D eigenvalue weighted by Gasteiger charge is 2.34. The van der Waals surface area contributed by atoms with Crippen LogP contribution in [0.2, 0.25) is 0 Å². The standard InChI is InChI=1S/C33H40N6O4S/c1-2-42-30(40)12-3-4-19-43-37-31(27-10-6-13-34-21-27)26-9-5-8-25(20-26)23-38-15-17-39(18-16-38)33(41)29-24-44-32(36-29)28-11-7-14-35-22-28/h5-11,13-14,20-22,29,32,36H,2-4,12,15-19,23-24H2,1H3/b37-31+. The fourth-order valence-corrected chi connectivity index (χ4v) is 6.53. The number of amides is 1. The molecule has 1 aromatic carbocycles. The third kappa shape index (κ3) is 8.87. The summed E-state index contributed by atoms with van der Waals surface area (Å²) in [4.78, 5) is 43.4. The summed E-state index contributed by atoms with van der Waals surface area (Å²) < 4.78 is 4.98. The smallest absolute Gasteiger partial charge is 0.305 e. The Bertz CT molecular complexity index is 1390. The third-order valence-electron chi connectivity index (χ3n) is 7.62. The van der Waals surface area contributed by atoms with E-state index in [9.17, 15) is 9.59 Å². The van der Waals surface area contributed by atoms with Gasteiger partial charge in [-0.2, -0.15) is 0 Å². The normalized spacial score (nSPS) is 19.1. The van der Waals surface area contributed by atoms with E-state index in [0.717, 1.165) is 42.1 Å². The van der Waals surface area contributed by atoms with Crippen molar-refractivity contribution in [2.45, 2.75) is 44.1 Å². The summed E-state index contributed by atoms with van der Waals surface area (Å²) in [5.74, 6) is 0.768. The Balaban J connectivity index is 1.14. The molecule has 2 unspecified atom stereocenters. The third-order valence-corrected chi connectivity index (χ3v) is 8.89. The number of pyridine rings is 2. The lowest BCUT2D eigenvalue weighted by atomic mass is 10.0. The Hall–Kier alpha value is -3.80. The molecule has 4 heterocycles. The second kappa shape index (κ2) is 16.3. The molecule has 1 amide bonds. The van der Waals surface area contributed by atoms with Gasteiger partial charge in [0.05, 0.1) is 18.0 Å². The van der Waals surface area contributed by atoms with Crippen molar-refractivity contribution < 1.29 is 19.2 Å². The minimum Gasteiger partial charge on any atom is -0.466 e. The molecule has 0 bridgehead atoms. The number of hydrogen-bond acceptors (Lipinski definition) is 10. The minimum atomic E-state index is -0.184. The summed E-state index contributed by atoms with van der Waals surface area (Å²) >= 11 is 1.76. The molecule has 2 aliphatic rings. The molecule has 2 fully saturated rings. The monoisotopic (exact) mass is 616 g/mol. The average molecular weight is 617 g/mol. The van der Waals surface area contributed by atoms with Gasteiger partial charge >= 0.3 is 5.97 Å². The van der Waals surface area contributed by atoms with Gasteiger partial charge < -0.3 is 14.5 Å². The Morgan fingerprint density at radius 1 is 1.00 bits per heavy atom. The predicted octanol–water partition coefficient (Wildman–Crippen LogP) is 4.03. The number of unbranched alkanes of at least 4 members (excludes halogenated alkanes) is 1. The van der Waals surface area contributed by atoms with Crippen molar-refractivity contribution in [2.75, 3.05) is 45.1 Å². The number of carbonyl (C=O) groups excluding carboxylic acids is 2. The van der Waals surface area contributed by atoms with E-state index in [4.69, 9.17) is 9.57 Å². The molecular formula is C33H40N6O4S. The Morgan fingerprint density at radius 3 is 2.55 bits per heavy atom. The maximum atomic E-state index is 13.3. The quantitative estimate of drug-likeness (QED) is 0.132. The molecule has 2 aromatic heterocycles. The van der Waals surface area contributed by atoms with Gasteiger partial charge in [-0.3, -0.25) is 29.8 Å². The highest BCUT2D eigenvalue weighted by molar-refractivity contribution is 7.99. The summed E-state index contributed by atoms with van der Waals surface area (Å²) in [7, 11) is 0. The van der Waals surface area contributed by atoms with Gasteiger partial charge in [-0.05, 0) is 55.2 Å². The maximum Gasteiger partial charge on any atom is 0.305 e. The van der Waals surface area contributed by atoms with Crippen LogP contribution in [0.15, 0.2) is 78.5 Å². The lowest BCUT2D eigenvalue weighted by Crippen LogP contribution is -2.53. The number of oxime groups is 1. The van der Waals surface area contributed by atoms with Crippen molar-refractivity contribution >= 4 is 29.4 Å². The van der Waals surface area contributed by atoms with Gasteiger partial charge in [-0.1, -0.05) is 29.4 Å². The zero-order valence-electron chi connectivity index (χ0n) is 25.1. The molecule has 232 valence electrons. The Labute approximate surface area is 263 Å². The molecule has 10 nitrogen and oxygen atoms in total. The van der Waals surface area contributed by atoms with Crippen molar-refractivity contribution in [2.24, 2.45) is 5.16 Å². The van der Waals surface area contributed by atoms with E-state index in [1.165, 1.54) is 5.56 Å². The van der Waals surface area contributed by atoms with Gasteiger partial charge in [0, 0.05) is 80.8 Å². The molecule has 0 aliphatic carbocycles. The number of esters is 1. The van der Waals surface area contributed by atoms with Crippen molar-refractivity contribution in [3.05, 3.63) is 95.6 Å². The molecule has 1 N–H and O–H groups in total. The molecular weight excluding hydrogens is 576 g/mol. The second-order valence-electron chi connectivity index (χ2n) is 10.8. The fraction of sp³-hybridized carbons (Fsp3) is 0.424. The number of thioether (sulfide) groups is 1. The largest absolute Gasteiger partial charge is 0.466 e. The van der Waals surface area contributed by atoms with Crippen molar-refractivity contribution in [1.29, 1.82) is 0 Å². The van der Waals surface area contributed by atoms with E-state index in [1.54, 1.807) is 37.3 Å². The predicted molar refractivity (Wildman–Crippen MR) is 171 cm³/mol. The van der Waals surface area contributed by atoms with E-state index < -0.39 is 0 Å². The minimum absolute atomic E-state index is 0.105. The zero-order valence-corrected chi connectivity index (χ0v) is 26.0. The highest BCUT2D eigenvalue weighted by Crippen LogP contribution is 2.32. The Morgan fingerprint density at radius 2 is 1.80 bits per heavy atom. The van der Waals surface area contributed by atoms with Crippen LogP contribution in [-0.4, -0.2) is 88.5 Å². The van der Waals surface area contributed by atoms with Crippen molar-refractivity contribution in [3.63, 3.8) is 0 Å². The maximum absolute atomic E-state index is 13.3. The topological polar surface area (TPSA) is 109 Å². The average Bonchev–Trinajstić information content (AvgIpc) is 3.56. The summed E-state index contributed by atoms with van der Waals surface area (Å²) in [5.41, 5.74) is 4.81. The van der Waals surface area contributed by atoms with Crippen LogP contribution in [0.5, 0.6) is 0 Å². The van der Waals surface area contributed by atoms with E-state index in [1.807, 2.05) is 47.5 Å². The van der Waals surface area contributed by atoms with Crippen LogP contribution in [0.4, 0.5) is 0 Å². The van der Waals surface area contributed by atoms with Gasteiger partial charge in [-0.25, -0.2) is 0 Å². The lowest BCUT2D eigenvalue weighted by molar-refractivity contribution is -0.143. The van der Waals surface area contributed by atoms with Crippen LogP contribution in [-0.2, 0) is 25.7 Å². The number of aromatic nitrogens is 2. The molecule has 11 heteroatoms. The summed E-state index contributed by atoms with van der Waals surface area (Å²) in [5, 5.41) is 8.09.